The summed E-state index contributed by atoms with van der Waals surface area (Å²) in [5, 5.41) is 0. The fraction of sp³-hybridized carbons (Fsp3) is 0.400. The highest BCUT2D eigenvalue weighted by molar-refractivity contribution is 5.55. The predicted octanol–water partition coefficient (Wildman–Crippen LogP) is 1.86. The van der Waals surface area contributed by atoms with Gasteiger partial charge in [-0.3, -0.25) is 4.99 Å². The van der Waals surface area contributed by atoms with Crippen LogP contribution in [0.1, 0.15) is 6.92 Å². The summed E-state index contributed by atoms with van der Waals surface area (Å²) in [7, 11) is 0. The van der Waals surface area contributed by atoms with Gasteiger partial charge in [0, 0.05) is 6.21 Å². The standard InChI is InChI=1S/C5H7F2N/c1-3-8-4(2)5(6)7/h3,5H,2H2,1H3/b8-3-. The second-order valence-electron chi connectivity index (χ2n) is 1.18. The molecule has 0 spiro atoms. The molecule has 0 aromatic rings. The van der Waals surface area contributed by atoms with Gasteiger partial charge in [0.05, 0.1) is 5.70 Å². The van der Waals surface area contributed by atoms with Crippen molar-refractivity contribution in [1.82, 2.24) is 0 Å². The maximum atomic E-state index is 11.4. The summed E-state index contributed by atoms with van der Waals surface area (Å²) in [6.07, 6.45) is -1.24. The molecule has 0 saturated heterocycles. The van der Waals surface area contributed by atoms with Gasteiger partial charge in [0.2, 0.25) is 0 Å². The van der Waals surface area contributed by atoms with Crippen LogP contribution in [0.15, 0.2) is 17.3 Å². The van der Waals surface area contributed by atoms with E-state index in [0.717, 1.165) is 0 Å². The van der Waals surface area contributed by atoms with E-state index in [1.807, 2.05) is 0 Å². The molecule has 0 aliphatic rings. The molecule has 0 unspecified atom stereocenters. The Morgan fingerprint density at radius 1 is 1.75 bits per heavy atom. The lowest BCUT2D eigenvalue weighted by molar-refractivity contribution is 0.189. The number of halogens is 2. The van der Waals surface area contributed by atoms with Crippen molar-refractivity contribution in [2.45, 2.75) is 13.3 Å². The minimum absolute atomic E-state index is 0.382. The smallest absolute Gasteiger partial charge is 0.261 e. The third-order valence-corrected chi connectivity index (χ3v) is 0.547. The third kappa shape index (κ3) is 2.44. The summed E-state index contributed by atoms with van der Waals surface area (Å²) in [4.78, 5) is 3.25. The van der Waals surface area contributed by atoms with Crippen LogP contribution in [-0.2, 0) is 0 Å². The second-order valence-corrected chi connectivity index (χ2v) is 1.18. The fourth-order valence-electron chi connectivity index (χ4n) is 0.222. The van der Waals surface area contributed by atoms with Gasteiger partial charge >= 0.3 is 0 Å². The highest BCUT2D eigenvalue weighted by atomic mass is 19.3. The number of rotatable bonds is 2. The monoisotopic (exact) mass is 119 g/mol. The molecule has 0 atom stereocenters. The van der Waals surface area contributed by atoms with E-state index >= 15 is 0 Å². The number of hydrogen-bond acceptors (Lipinski definition) is 1. The van der Waals surface area contributed by atoms with Gasteiger partial charge < -0.3 is 0 Å². The molecule has 0 aliphatic carbocycles. The third-order valence-electron chi connectivity index (χ3n) is 0.547. The van der Waals surface area contributed by atoms with E-state index in [-0.39, 0.29) is 5.70 Å². The van der Waals surface area contributed by atoms with Gasteiger partial charge in [0.15, 0.2) is 0 Å². The summed E-state index contributed by atoms with van der Waals surface area (Å²) < 4.78 is 22.8. The first-order valence-electron chi connectivity index (χ1n) is 2.14. The van der Waals surface area contributed by atoms with E-state index in [0.29, 0.717) is 0 Å². The van der Waals surface area contributed by atoms with Crippen LogP contribution in [0.3, 0.4) is 0 Å². The van der Waals surface area contributed by atoms with Crippen LogP contribution in [0.5, 0.6) is 0 Å². The zero-order chi connectivity index (χ0) is 6.57. The van der Waals surface area contributed by atoms with Crippen molar-refractivity contribution >= 4 is 6.21 Å². The maximum absolute atomic E-state index is 11.4. The Kier molecular flexibility index (Phi) is 2.99. The molecule has 1 nitrogen and oxygen atoms in total. The van der Waals surface area contributed by atoms with Gasteiger partial charge in [-0.1, -0.05) is 6.58 Å². The molecule has 0 bridgehead atoms. The summed E-state index contributed by atoms with van der Waals surface area (Å²) in [6.45, 7) is 4.56. The van der Waals surface area contributed by atoms with E-state index in [4.69, 9.17) is 0 Å². The van der Waals surface area contributed by atoms with E-state index < -0.39 is 6.43 Å². The molecule has 0 radical (unpaired) electrons. The van der Waals surface area contributed by atoms with Crippen molar-refractivity contribution in [3.05, 3.63) is 12.3 Å². The Bertz CT molecular complexity index is 107. The topological polar surface area (TPSA) is 12.4 Å². The molecular formula is C5H7F2N. The average Bonchev–Trinajstić information content (AvgIpc) is 1.67. The van der Waals surface area contributed by atoms with Gasteiger partial charge in [-0.25, -0.2) is 8.78 Å². The fourth-order valence-corrected chi connectivity index (χ4v) is 0.222. The first-order valence-corrected chi connectivity index (χ1v) is 2.14. The molecule has 0 saturated carbocycles. The van der Waals surface area contributed by atoms with Crippen LogP contribution in [0, 0.1) is 0 Å². The van der Waals surface area contributed by atoms with Crippen molar-refractivity contribution in [3.8, 4) is 0 Å². The molecule has 0 aromatic heterocycles. The summed E-state index contributed by atoms with van der Waals surface area (Å²) in [6, 6.07) is 0. The number of alkyl halides is 2. The lowest BCUT2D eigenvalue weighted by Gasteiger charge is -1.92. The van der Waals surface area contributed by atoms with Crippen LogP contribution < -0.4 is 0 Å². The van der Waals surface area contributed by atoms with E-state index in [1.54, 1.807) is 6.92 Å². The van der Waals surface area contributed by atoms with E-state index in [9.17, 15) is 8.78 Å². The van der Waals surface area contributed by atoms with Crippen LogP contribution >= 0.6 is 0 Å². The van der Waals surface area contributed by atoms with E-state index in [2.05, 4.69) is 11.6 Å². The normalized spacial score (nSPS) is 11.0. The van der Waals surface area contributed by atoms with Gasteiger partial charge in [-0.2, -0.15) is 0 Å². The predicted molar refractivity (Wildman–Crippen MR) is 29.3 cm³/mol. The first kappa shape index (κ1) is 7.27. The zero-order valence-corrected chi connectivity index (χ0v) is 4.56. The highest BCUT2D eigenvalue weighted by Gasteiger charge is 2.03. The lowest BCUT2D eigenvalue weighted by atomic mass is 10.5. The summed E-state index contributed by atoms with van der Waals surface area (Å²) >= 11 is 0. The van der Waals surface area contributed by atoms with Crippen LogP contribution in [0.2, 0.25) is 0 Å². The Morgan fingerprint density at radius 2 is 2.25 bits per heavy atom. The molecule has 46 valence electrons. The number of allylic oxidation sites excluding steroid dienone is 1. The Labute approximate surface area is 46.7 Å². The van der Waals surface area contributed by atoms with Crippen molar-refractivity contribution < 1.29 is 8.78 Å². The average molecular weight is 119 g/mol. The molecule has 0 fully saturated rings. The Balaban J connectivity index is 3.66. The molecule has 8 heavy (non-hydrogen) atoms. The lowest BCUT2D eigenvalue weighted by Crippen LogP contribution is -1.90. The molecule has 0 N–H and O–H groups in total. The molecule has 0 rings (SSSR count). The van der Waals surface area contributed by atoms with E-state index in [1.165, 1.54) is 6.21 Å². The minimum Gasteiger partial charge on any atom is -0.261 e. The van der Waals surface area contributed by atoms with Crippen molar-refractivity contribution in [2.75, 3.05) is 0 Å². The van der Waals surface area contributed by atoms with Crippen LogP contribution in [0.25, 0.3) is 0 Å². The maximum Gasteiger partial charge on any atom is 0.279 e. The molecule has 0 amide bonds. The van der Waals surface area contributed by atoms with Crippen molar-refractivity contribution in [2.24, 2.45) is 4.99 Å². The highest BCUT2D eigenvalue weighted by Crippen LogP contribution is 2.04. The summed E-state index contributed by atoms with van der Waals surface area (Å²) in [5.74, 6) is 0. The van der Waals surface area contributed by atoms with Crippen molar-refractivity contribution in [1.29, 1.82) is 0 Å². The molecule has 0 aliphatic heterocycles. The number of nitrogens with zero attached hydrogens (tertiary/aromatic N) is 1. The number of aliphatic imine (C=N–C) groups is 1. The SMILES string of the molecule is C=C(/N=C\C)C(F)F. The molecule has 0 heterocycles. The van der Waals surface area contributed by atoms with Gasteiger partial charge in [0.25, 0.3) is 6.43 Å². The zero-order valence-electron chi connectivity index (χ0n) is 4.56. The van der Waals surface area contributed by atoms with Crippen molar-refractivity contribution in [3.63, 3.8) is 0 Å². The molecular weight excluding hydrogens is 112 g/mol. The van der Waals surface area contributed by atoms with Gasteiger partial charge in [-0.15, -0.1) is 0 Å². The molecule has 0 aromatic carbocycles. The van der Waals surface area contributed by atoms with Crippen LogP contribution in [0.4, 0.5) is 8.78 Å². The van der Waals surface area contributed by atoms with Crippen LogP contribution in [-0.4, -0.2) is 12.6 Å². The quantitative estimate of drug-likeness (QED) is 0.492. The number of hydrogen-bond donors (Lipinski definition) is 0. The largest absolute Gasteiger partial charge is 0.279 e. The Hall–Kier alpha value is -0.730. The summed E-state index contributed by atoms with van der Waals surface area (Å²) in [5.41, 5.74) is -0.382. The first-order chi connectivity index (χ1) is 3.68. The Morgan fingerprint density at radius 3 is 2.38 bits per heavy atom. The van der Waals surface area contributed by atoms with Gasteiger partial charge in [-0.05, 0) is 6.92 Å². The molecule has 3 heteroatoms. The minimum atomic E-state index is -2.52. The van der Waals surface area contributed by atoms with Gasteiger partial charge in [0.1, 0.15) is 0 Å². The second kappa shape index (κ2) is 3.29.